The van der Waals surface area contributed by atoms with Crippen LogP contribution in [0.4, 0.5) is 10.1 Å². The quantitative estimate of drug-likeness (QED) is 0.635. The van der Waals surface area contributed by atoms with Crippen LogP contribution in [0.2, 0.25) is 0 Å². The summed E-state index contributed by atoms with van der Waals surface area (Å²) in [5, 5.41) is 0.784. The van der Waals surface area contributed by atoms with Gasteiger partial charge in [-0.1, -0.05) is 0 Å². The maximum absolute atomic E-state index is 13.5. The van der Waals surface area contributed by atoms with Crippen molar-refractivity contribution in [1.29, 1.82) is 0 Å². The summed E-state index contributed by atoms with van der Waals surface area (Å²) in [4.78, 5) is 27.8. The fraction of sp³-hybridized carbons (Fsp3) is 0.381. The molecule has 2 fully saturated rings. The zero-order valence-corrected chi connectivity index (χ0v) is 18.1. The van der Waals surface area contributed by atoms with Gasteiger partial charge in [-0.3, -0.25) is 9.78 Å². The number of amides is 1. The van der Waals surface area contributed by atoms with Gasteiger partial charge in [-0.2, -0.15) is 4.31 Å². The number of halogens is 1. The molecule has 11 heteroatoms. The molecule has 2 aliphatic rings. The van der Waals surface area contributed by atoms with Gasteiger partial charge in [0.25, 0.3) is 10.0 Å². The summed E-state index contributed by atoms with van der Waals surface area (Å²) in [5.41, 5.74) is 1.57. The third-order valence-electron chi connectivity index (χ3n) is 6.17. The lowest BCUT2D eigenvalue weighted by Gasteiger charge is -2.37. The van der Waals surface area contributed by atoms with Gasteiger partial charge >= 0.3 is 0 Å². The van der Waals surface area contributed by atoms with E-state index < -0.39 is 10.0 Å². The minimum absolute atomic E-state index is 0.0107. The molecule has 9 nitrogen and oxygen atoms in total. The number of imidazole rings is 1. The van der Waals surface area contributed by atoms with Crippen LogP contribution in [0.5, 0.6) is 0 Å². The normalized spacial score (nSPS) is 20.2. The number of carbonyl (C=O) groups excluding carboxylic acids is 1. The summed E-state index contributed by atoms with van der Waals surface area (Å²) < 4.78 is 40.1. The van der Waals surface area contributed by atoms with E-state index in [9.17, 15) is 17.6 Å². The highest BCUT2D eigenvalue weighted by molar-refractivity contribution is 7.89. The molecule has 3 aromatic rings. The largest absolute Gasteiger partial charge is 0.367 e. The summed E-state index contributed by atoms with van der Waals surface area (Å²) in [7, 11) is -3.71. The Morgan fingerprint density at radius 1 is 1.06 bits per heavy atom. The molecule has 5 rings (SSSR count). The molecule has 1 atom stereocenters. The number of benzene rings is 1. The molecule has 168 valence electrons. The molecule has 0 saturated carbocycles. The highest BCUT2D eigenvalue weighted by Gasteiger charge is 2.39. The molecule has 0 aliphatic carbocycles. The predicted octanol–water partition coefficient (Wildman–Crippen LogP) is 1.46. The average Bonchev–Trinajstić information content (AvgIpc) is 3.51. The molecule has 1 amide bonds. The Kier molecular flexibility index (Phi) is 5.30. The van der Waals surface area contributed by atoms with Gasteiger partial charge in [0.15, 0.2) is 0 Å². The van der Waals surface area contributed by atoms with Gasteiger partial charge in [0.1, 0.15) is 5.82 Å². The molecular formula is C21H23FN6O3S. The Morgan fingerprint density at radius 2 is 1.88 bits per heavy atom. The van der Waals surface area contributed by atoms with Crippen LogP contribution < -0.4 is 4.90 Å². The first-order chi connectivity index (χ1) is 15.4. The number of aromatic amines is 1. The SMILES string of the molecule is O=C([C@H]1CCN(S(=O)(=O)c2ncc[nH]2)C1)N1CCN(c2ccnc3cc(F)ccc23)CC1. The van der Waals surface area contributed by atoms with E-state index in [1.54, 1.807) is 12.3 Å². The van der Waals surface area contributed by atoms with Crippen LogP contribution in [0.15, 0.2) is 48.0 Å². The summed E-state index contributed by atoms with van der Waals surface area (Å²) in [5.74, 6) is -0.684. The molecule has 1 aromatic carbocycles. The monoisotopic (exact) mass is 458 g/mol. The lowest BCUT2D eigenvalue weighted by molar-refractivity contribution is -0.135. The highest BCUT2D eigenvalue weighted by atomic mass is 32.2. The topological polar surface area (TPSA) is 102 Å². The Balaban J connectivity index is 1.23. The molecule has 2 aliphatic heterocycles. The maximum Gasteiger partial charge on any atom is 0.276 e. The molecule has 0 radical (unpaired) electrons. The summed E-state index contributed by atoms with van der Waals surface area (Å²) in [6.07, 6.45) is 5.03. The molecule has 0 bridgehead atoms. The summed E-state index contributed by atoms with van der Waals surface area (Å²) in [6.45, 7) is 2.85. The third kappa shape index (κ3) is 3.71. The van der Waals surface area contributed by atoms with Crippen molar-refractivity contribution in [2.24, 2.45) is 5.92 Å². The average molecular weight is 459 g/mol. The van der Waals surface area contributed by atoms with E-state index in [1.165, 1.54) is 28.8 Å². The molecule has 32 heavy (non-hydrogen) atoms. The molecule has 2 aromatic heterocycles. The number of fused-ring (bicyclic) bond motifs is 1. The fourth-order valence-electron chi connectivity index (χ4n) is 4.47. The van der Waals surface area contributed by atoms with Gasteiger partial charge in [-0.05, 0) is 24.6 Å². The Hall–Kier alpha value is -3.05. The van der Waals surface area contributed by atoms with E-state index in [1.807, 2.05) is 11.0 Å². The van der Waals surface area contributed by atoms with Crippen LogP contribution in [0.1, 0.15) is 6.42 Å². The Labute approximate surface area is 184 Å². The van der Waals surface area contributed by atoms with E-state index in [0.29, 0.717) is 44.7 Å². The molecule has 2 saturated heterocycles. The number of anilines is 1. The number of aromatic nitrogens is 3. The van der Waals surface area contributed by atoms with Gasteiger partial charge in [0.2, 0.25) is 11.1 Å². The number of piperazine rings is 1. The number of nitrogens with zero attached hydrogens (tertiary/aromatic N) is 5. The van der Waals surface area contributed by atoms with Gasteiger partial charge < -0.3 is 14.8 Å². The van der Waals surface area contributed by atoms with Gasteiger partial charge in [0.05, 0.1) is 11.4 Å². The smallest absolute Gasteiger partial charge is 0.276 e. The Bertz CT molecular complexity index is 1240. The molecule has 0 spiro atoms. The van der Waals surface area contributed by atoms with Crippen molar-refractivity contribution >= 4 is 32.5 Å². The summed E-state index contributed by atoms with van der Waals surface area (Å²) >= 11 is 0. The van der Waals surface area contributed by atoms with Crippen LogP contribution in [-0.2, 0) is 14.8 Å². The van der Waals surface area contributed by atoms with E-state index >= 15 is 0 Å². The van der Waals surface area contributed by atoms with Crippen LogP contribution in [0, 0.1) is 11.7 Å². The standard InChI is InChI=1S/C21H23FN6O3S/c22-16-1-2-17-18(13-16)23-5-3-19(17)26-9-11-27(12-10-26)20(29)15-4-8-28(14-15)32(30,31)21-24-6-7-25-21/h1-3,5-7,13,15H,4,8-12,14H2,(H,24,25)/t15-/m0/s1. The zero-order chi connectivity index (χ0) is 22.3. The number of hydrogen-bond acceptors (Lipinski definition) is 6. The van der Waals surface area contributed by atoms with Crippen LogP contribution >= 0.6 is 0 Å². The van der Waals surface area contributed by atoms with Crippen LogP contribution in [0.25, 0.3) is 10.9 Å². The minimum atomic E-state index is -3.71. The predicted molar refractivity (Wildman–Crippen MR) is 116 cm³/mol. The van der Waals surface area contributed by atoms with E-state index in [2.05, 4.69) is 19.9 Å². The first-order valence-electron chi connectivity index (χ1n) is 10.5. The number of sulfonamides is 1. The first-order valence-corrected chi connectivity index (χ1v) is 11.9. The lowest BCUT2D eigenvalue weighted by atomic mass is 10.1. The lowest BCUT2D eigenvalue weighted by Crippen LogP contribution is -2.50. The third-order valence-corrected chi connectivity index (χ3v) is 7.89. The number of rotatable bonds is 4. The maximum atomic E-state index is 13.5. The second-order valence-electron chi connectivity index (χ2n) is 8.05. The minimum Gasteiger partial charge on any atom is -0.367 e. The summed E-state index contributed by atoms with van der Waals surface area (Å²) in [6, 6.07) is 6.49. The van der Waals surface area contributed by atoms with Crippen molar-refractivity contribution in [3.8, 4) is 0 Å². The molecule has 4 heterocycles. The molecular weight excluding hydrogens is 435 g/mol. The van der Waals surface area contributed by atoms with Crippen molar-refractivity contribution < 1.29 is 17.6 Å². The number of nitrogens with one attached hydrogen (secondary N) is 1. The fourth-order valence-corrected chi connectivity index (χ4v) is 5.85. The molecule has 0 unspecified atom stereocenters. The van der Waals surface area contributed by atoms with Crippen LogP contribution in [-0.4, -0.2) is 77.8 Å². The van der Waals surface area contributed by atoms with Crippen molar-refractivity contribution in [3.05, 3.63) is 48.7 Å². The van der Waals surface area contributed by atoms with Crippen molar-refractivity contribution in [1.82, 2.24) is 24.2 Å². The van der Waals surface area contributed by atoms with E-state index in [-0.39, 0.29) is 29.3 Å². The van der Waals surface area contributed by atoms with Gasteiger partial charge in [-0.25, -0.2) is 17.8 Å². The van der Waals surface area contributed by atoms with E-state index in [0.717, 1.165) is 11.1 Å². The first kappa shape index (κ1) is 20.8. The number of carbonyl (C=O) groups is 1. The van der Waals surface area contributed by atoms with Crippen molar-refractivity contribution in [2.45, 2.75) is 11.6 Å². The second kappa shape index (κ2) is 8.14. The van der Waals surface area contributed by atoms with Crippen LogP contribution in [0.3, 0.4) is 0 Å². The van der Waals surface area contributed by atoms with Gasteiger partial charge in [0, 0.05) is 75.0 Å². The zero-order valence-electron chi connectivity index (χ0n) is 17.3. The van der Waals surface area contributed by atoms with Gasteiger partial charge in [-0.15, -0.1) is 0 Å². The van der Waals surface area contributed by atoms with Crippen molar-refractivity contribution in [3.63, 3.8) is 0 Å². The number of pyridine rings is 1. The second-order valence-corrected chi connectivity index (χ2v) is 9.90. The molecule has 1 N–H and O–H groups in total. The Morgan fingerprint density at radius 3 is 2.62 bits per heavy atom. The highest BCUT2D eigenvalue weighted by Crippen LogP contribution is 2.28. The number of H-pyrrole nitrogens is 1. The van der Waals surface area contributed by atoms with Crippen molar-refractivity contribution in [2.75, 3.05) is 44.2 Å². The number of hydrogen-bond donors (Lipinski definition) is 1. The van der Waals surface area contributed by atoms with E-state index in [4.69, 9.17) is 0 Å².